The van der Waals surface area contributed by atoms with Gasteiger partial charge < -0.3 is 4.74 Å². The molecule has 0 fully saturated rings. The van der Waals surface area contributed by atoms with Crippen LogP contribution in [0.2, 0.25) is 0 Å². The SMILES string of the molecule is COc1ccccc1CSc1nc2ccccc2c(=O)n1-c1ccc([N+](=O)[O-])cc1. The highest BCUT2D eigenvalue weighted by molar-refractivity contribution is 7.98. The quantitative estimate of drug-likeness (QED) is 0.197. The zero-order chi connectivity index (χ0) is 21.1. The summed E-state index contributed by atoms with van der Waals surface area (Å²) in [7, 11) is 1.62. The van der Waals surface area contributed by atoms with Gasteiger partial charge in [0.2, 0.25) is 0 Å². The van der Waals surface area contributed by atoms with Gasteiger partial charge in [-0.1, -0.05) is 42.1 Å². The lowest BCUT2D eigenvalue weighted by Crippen LogP contribution is -2.21. The minimum absolute atomic E-state index is 0.0382. The summed E-state index contributed by atoms with van der Waals surface area (Å²) in [5.74, 6) is 1.30. The van der Waals surface area contributed by atoms with Crippen LogP contribution in [0.4, 0.5) is 5.69 Å². The third kappa shape index (κ3) is 3.77. The number of thioether (sulfide) groups is 1. The molecule has 7 nitrogen and oxygen atoms in total. The standard InChI is InChI=1S/C22H17N3O4S/c1-29-20-9-5-2-6-15(20)14-30-22-23-19-8-4-3-7-18(19)21(26)24(22)16-10-12-17(13-11-16)25(27)28/h2-13H,14H2,1H3. The number of nitrogens with zero attached hydrogens (tertiary/aromatic N) is 3. The molecule has 1 heterocycles. The van der Waals surface area contributed by atoms with E-state index in [2.05, 4.69) is 0 Å². The molecule has 0 atom stereocenters. The number of nitro benzene ring substituents is 1. The second-order valence-electron chi connectivity index (χ2n) is 6.43. The van der Waals surface area contributed by atoms with Gasteiger partial charge in [0, 0.05) is 23.4 Å². The molecule has 30 heavy (non-hydrogen) atoms. The maximum Gasteiger partial charge on any atom is 0.269 e. The predicted molar refractivity (Wildman–Crippen MR) is 117 cm³/mol. The number of ether oxygens (including phenoxy) is 1. The van der Waals surface area contributed by atoms with E-state index in [0.717, 1.165) is 11.3 Å². The number of hydrogen-bond donors (Lipinski definition) is 0. The van der Waals surface area contributed by atoms with Crippen molar-refractivity contribution in [3.8, 4) is 11.4 Å². The third-order valence-corrected chi connectivity index (χ3v) is 5.60. The molecular formula is C22H17N3O4S. The Kier molecular flexibility index (Phi) is 5.49. The molecule has 0 N–H and O–H groups in total. The molecule has 0 amide bonds. The van der Waals surface area contributed by atoms with Crippen LogP contribution in [0.25, 0.3) is 16.6 Å². The maximum absolute atomic E-state index is 13.3. The molecule has 0 spiro atoms. The molecule has 0 aliphatic carbocycles. The first-order valence-electron chi connectivity index (χ1n) is 9.10. The number of nitro groups is 1. The van der Waals surface area contributed by atoms with E-state index in [1.165, 1.54) is 28.5 Å². The van der Waals surface area contributed by atoms with Gasteiger partial charge in [-0.15, -0.1) is 0 Å². The van der Waals surface area contributed by atoms with Crippen molar-refractivity contribution in [1.82, 2.24) is 9.55 Å². The van der Waals surface area contributed by atoms with Crippen LogP contribution >= 0.6 is 11.8 Å². The minimum Gasteiger partial charge on any atom is -0.496 e. The predicted octanol–water partition coefficient (Wildman–Crippen LogP) is 4.59. The van der Waals surface area contributed by atoms with Crippen LogP contribution in [0.3, 0.4) is 0 Å². The average Bonchev–Trinajstić information content (AvgIpc) is 2.78. The number of methoxy groups -OCH3 is 1. The molecule has 0 radical (unpaired) electrons. The molecule has 3 aromatic carbocycles. The Hall–Kier alpha value is -3.65. The maximum atomic E-state index is 13.3. The summed E-state index contributed by atoms with van der Waals surface area (Å²) < 4.78 is 6.90. The second-order valence-corrected chi connectivity index (χ2v) is 7.37. The van der Waals surface area contributed by atoms with Crippen LogP contribution in [0.5, 0.6) is 5.75 Å². The molecule has 150 valence electrons. The van der Waals surface area contributed by atoms with Gasteiger partial charge in [0.25, 0.3) is 11.2 Å². The fraction of sp³-hybridized carbons (Fsp3) is 0.0909. The first-order chi connectivity index (χ1) is 14.6. The van der Waals surface area contributed by atoms with Gasteiger partial charge in [-0.2, -0.15) is 0 Å². The average molecular weight is 419 g/mol. The van der Waals surface area contributed by atoms with E-state index in [1.807, 2.05) is 30.3 Å². The number of aromatic nitrogens is 2. The number of fused-ring (bicyclic) bond motifs is 1. The van der Waals surface area contributed by atoms with Gasteiger partial charge in [-0.3, -0.25) is 19.5 Å². The van der Waals surface area contributed by atoms with Crippen molar-refractivity contribution in [3.05, 3.63) is 98.8 Å². The van der Waals surface area contributed by atoms with E-state index >= 15 is 0 Å². The Morgan fingerprint density at radius 2 is 1.73 bits per heavy atom. The molecule has 0 bridgehead atoms. The molecular weight excluding hydrogens is 402 g/mol. The summed E-state index contributed by atoms with van der Waals surface area (Å²) in [4.78, 5) is 28.5. The van der Waals surface area contributed by atoms with Crippen molar-refractivity contribution in [3.63, 3.8) is 0 Å². The van der Waals surface area contributed by atoms with Crippen LogP contribution in [-0.2, 0) is 5.75 Å². The van der Waals surface area contributed by atoms with Crippen molar-refractivity contribution in [2.24, 2.45) is 0 Å². The zero-order valence-electron chi connectivity index (χ0n) is 16.0. The fourth-order valence-electron chi connectivity index (χ4n) is 3.12. The number of hydrogen-bond acceptors (Lipinski definition) is 6. The van der Waals surface area contributed by atoms with E-state index in [4.69, 9.17) is 9.72 Å². The van der Waals surface area contributed by atoms with Crippen molar-refractivity contribution < 1.29 is 9.66 Å². The molecule has 0 aliphatic heterocycles. The lowest BCUT2D eigenvalue weighted by atomic mass is 10.2. The molecule has 4 aromatic rings. The summed E-state index contributed by atoms with van der Waals surface area (Å²) in [6.07, 6.45) is 0. The highest BCUT2D eigenvalue weighted by Crippen LogP contribution is 2.29. The Labute approximate surface area is 176 Å². The van der Waals surface area contributed by atoms with E-state index in [0.29, 0.717) is 27.5 Å². The van der Waals surface area contributed by atoms with Crippen molar-refractivity contribution in [2.75, 3.05) is 7.11 Å². The first kappa shape index (κ1) is 19.7. The smallest absolute Gasteiger partial charge is 0.269 e. The Bertz CT molecular complexity index is 1290. The summed E-state index contributed by atoms with van der Waals surface area (Å²) in [6, 6.07) is 20.7. The number of non-ortho nitro benzene ring substituents is 1. The number of rotatable bonds is 6. The Morgan fingerprint density at radius 3 is 2.47 bits per heavy atom. The van der Waals surface area contributed by atoms with Crippen LogP contribution in [0, 0.1) is 10.1 Å². The van der Waals surface area contributed by atoms with E-state index in [-0.39, 0.29) is 11.2 Å². The molecule has 0 aliphatic rings. The normalized spacial score (nSPS) is 10.8. The first-order valence-corrected chi connectivity index (χ1v) is 10.1. The minimum atomic E-state index is -0.470. The Morgan fingerprint density at radius 1 is 1.03 bits per heavy atom. The van der Waals surface area contributed by atoms with Gasteiger partial charge in [-0.25, -0.2) is 4.98 Å². The van der Waals surface area contributed by atoms with Crippen molar-refractivity contribution in [2.45, 2.75) is 10.9 Å². The topological polar surface area (TPSA) is 87.3 Å². The van der Waals surface area contributed by atoms with E-state index in [1.54, 1.807) is 37.4 Å². The van der Waals surface area contributed by atoms with Crippen LogP contribution in [0.15, 0.2) is 82.7 Å². The highest BCUT2D eigenvalue weighted by Gasteiger charge is 2.15. The van der Waals surface area contributed by atoms with E-state index in [9.17, 15) is 14.9 Å². The molecule has 1 aromatic heterocycles. The second kappa shape index (κ2) is 8.38. The lowest BCUT2D eigenvalue weighted by molar-refractivity contribution is -0.384. The van der Waals surface area contributed by atoms with Crippen molar-refractivity contribution in [1.29, 1.82) is 0 Å². The van der Waals surface area contributed by atoms with Crippen LogP contribution in [0.1, 0.15) is 5.56 Å². The molecule has 0 unspecified atom stereocenters. The van der Waals surface area contributed by atoms with Gasteiger partial charge in [0.05, 0.1) is 28.6 Å². The van der Waals surface area contributed by atoms with Crippen LogP contribution in [-0.4, -0.2) is 21.6 Å². The van der Waals surface area contributed by atoms with Gasteiger partial charge in [0.1, 0.15) is 5.75 Å². The van der Waals surface area contributed by atoms with Gasteiger partial charge in [-0.05, 0) is 30.3 Å². The summed E-state index contributed by atoms with van der Waals surface area (Å²) in [6.45, 7) is 0. The fourth-order valence-corrected chi connectivity index (χ4v) is 4.13. The van der Waals surface area contributed by atoms with Gasteiger partial charge in [0.15, 0.2) is 5.16 Å². The monoisotopic (exact) mass is 419 g/mol. The van der Waals surface area contributed by atoms with Crippen LogP contribution < -0.4 is 10.3 Å². The van der Waals surface area contributed by atoms with Crippen molar-refractivity contribution >= 4 is 28.4 Å². The molecule has 4 rings (SSSR count). The third-order valence-electron chi connectivity index (χ3n) is 4.61. The highest BCUT2D eigenvalue weighted by atomic mass is 32.2. The molecule has 8 heteroatoms. The zero-order valence-corrected chi connectivity index (χ0v) is 16.8. The van der Waals surface area contributed by atoms with Gasteiger partial charge >= 0.3 is 0 Å². The Balaban J connectivity index is 1.82. The summed E-state index contributed by atoms with van der Waals surface area (Å²) in [5.41, 5.74) is 1.83. The summed E-state index contributed by atoms with van der Waals surface area (Å²) >= 11 is 1.40. The van der Waals surface area contributed by atoms with E-state index < -0.39 is 4.92 Å². The largest absolute Gasteiger partial charge is 0.496 e. The lowest BCUT2D eigenvalue weighted by Gasteiger charge is -2.14. The number of para-hydroxylation sites is 2. The molecule has 0 saturated heterocycles. The molecule has 0 saturated carbocycles. The number of benzene rings is 3. The summed E-state index contributed by atoms with van der Waals surface area (Å²) in [5, 5.41) is 12.0.